The van der Waals surface area contributed by atoms with Crippen molar-refractivity contribution >= 4 is 5.84 Å². The number of hydrogen-bond donors (Lipinski definition) is 2. The first-order chi connectivity index (χ1) is 8.19. The van der Waals surface area contributed by atoms with Crippen LogP contribution in [0.1, 0.15) is 11.3 Å². The van der Waals surface area contributed by atoms with Gasteiger partial charge in [0, 0.05) is 26.4 Å². The number of oxime groups is 1. The molecule has 17 heavy (non-hydrogen) atoms. The quantitative estimate of drug-likeness (QED) is 0.321. The molecule has 0 aliphatic rings. The minimum atomic E-state index is 0.0285. The smallest absolute Gasteiger partial charge is 0.189 e. The van der Waals surface area contributed by atoms with Crippen LogP contribution < -0.4 is 5.73 Å². The van der Waals surface area contributed by atoms with Crippen molar-refractivity contribution in [1.29, 1.82) is 0 Å². The van der Waals surface area contributed by atoms with Crippen molar-refractivity contribution in [2.45, 2.75) is 6.54 Å². The Balaban J connectivity index is 2.76. The molecule has 0 bridgehead atoms. The molecule has 1 aromatic rings. The first-order valence-corrected chi connectivity index (χ1v) is 5.28. The lowest BCUT2D eigenvalue weighted by Gasteiger charge is -2.17. The first-order valence-electron chi connectivity index (χ1n) is 5.28. The van der Waals surface area contributed by atoms with E-state index in [0.29, 0.717) is 18.8 Å². The number of rotatable bonds is 6. The minimum absolute atomic E-state index is 0.0285. The number of nitrogens with two attached hydrogens (primary N) is 1. The number of amidine groups is 1. The Bertz CT molecular complexity index is 381. The Morgan fingerprint density at radius 1 is 1.65 bits per heavy atom. The average Bonchev–Trinajstić information content (AvgIpc) is 2.36. The summed E-state index contributed by atoms with van der Waals surface area (Å²) in [6.07, 6.45) is 1.62. The molecule has 0 spiro atoms. The van der Waals surface area contributed by atoms with Crippen LogP contribution in [0.5, 0.6) is 0 Å². The molecule has 1 aromatic heterocycles. The SMILES string of the molecule is COCCN(C)Cc1cccnc1C(N)=NO. The van der Waals surface area contributed by atoms with Crippen LogP contribution in [0.3, 0.4) is 0 Å². The van der Waals surface area contributed by atoms with Gasteiger partial charge < -0.3 is 15.7 Å². The topological polar surface area (TPSA) is 84.0 Å². The van der Waals surface area contributed by atoms with E-state index >= 15 is 0 Å². The highest BCUT2D eigenvalue weighted by Gasteiger charge is 2.09. The summed E-state index contributed by atoms with van der Waals surface area (Å²) in [6, 6.07) is 3.73. The van der Waals surface area contributed by atoms with Gasteiger partial charge in [0.15, 0.2) is 5.84 Å². The van der Waals surface area contributed by atoms with E-state index in [2.05, 4.69) is 15.0 Å². The van der Waals surface area contributed by atoms with Crippen LogP contribution in [-0.4, -0.2) is 48.2 Å². The van der Waals surface area contributed by atoms with E-state index in [1.165, 1.54) is 0 Å². The van der Waals surface area contributed by atoms with Gasteiger partial charge in [-0.3, -0.25) is 9.88 Å². The summed E-state index contributed by atoms with van der Waals surface area (Å²) in [6.45, 7) is 2.14. The van der Waals surface area contributed by atoms with Gasteiger partial charge in [0.1, 0.15) is 5.69 Å². The molecule has 6 nitrogen and oxygen atoms in total. The molecule has 0 amide bonds. The third-order valence-electron chi connectivity index (χ3n) is 2.36. The molecule has 0 radical (unpaired) electrons. The van der Waals surface area contributed by atoms with Crippen LogP contribution in [-0.2, 0) is 11.3 Å². The maximum absolute atomic E-state index is 8.68. The molecular weight excluding hydrogens is 220 g/mol. The molecule has 0 aromatic carbocycles. The van der Waals surface area contributed by atoms with Crippen molar-refractivity contribution < 1.29 is 9.94 Å². The molecule has 1 rings (SSSR count). The molecule has 0 atom stereocenters. The van der Waals surface area contributed by atoms with Crippen LogP contribution in [0.4, 0.5) is 0 Å². The molecule has 0 unspecified atom stereocenters. The second-order valence-corrected chi connectivity index (χ2v) is 3.73. The van der Waals surface area contributed by atoms with E-state index in [0.717, 1.165) is 12.1 Å². The zero-order chi connectivity index (χ0) is 12.7. The Hall–Kier alpha value is -1.66. The minimum Gasteiger partial charge on any atom is -0.409 e. The molecule has 94 valence electrons. The van der Waals surface area contributed by atoms with Crippen LogP contribution in [0, 0.1) is 0 Å². The van der Waals surface area contributed by atoms with Gasteiger partial charge in [-0.2, -0.15) is 0 Å². The molecule has 0 aliphatic carbocycles. The van der Waals surface area contributed by atoms with Gasteiger partial charge in [0.05, 0.1) is 6.61 Å². The number of nitrogens with zero attached hydrogens (tertiary/aromatic N) is 3. The van der Waals surface area contributed by atoms with Crippen LogP contribution >= 0.6 is 0 Å². The van der Waals surface area contributed by atoms with Crippen molar-refractivity contribution in [2.75, 3.05) is 27.3 Å². The standard InChI is InChI=1S/C11H18N4O2/c1-15(6-7-17-2)8-9-4-3-5-13-10(9)11(12)14-16/h3-5,16H,6-8H2,1-2H3,(H2,12,14). The Morgan fingerprint density at radius 2 is 2.41 bits per heavy atom. The zero-order valence-electron chi connectivity index (χ0n) is 10.1. The predicted molar refractivity (Wildman–Crippen MR) is 65.0 cm³/mol. The summed E-state index contributed by atoms with van der Waals surface area (Å²) in [5.41, 5.74) is 7.00. The van der Waals surface area contributed by atoms with E-state index in [4.69, 9.17) is 15.7 Å². The summed E-state index contributed by atoms with van der Waals surface area (Å²) < 4.78 is 5.00. The third kappa shape index (κ3) is 4.01. The largest absolute Gasteiger partial charge is 0.409 e. The fourth-order valence-corrected chi connectivity index (χ4v) is 1.46. The third-order valence-corrected chi connectivity index (χ3v) is 2.36. The van der Waals surface area contributed by atoms with Gasteiger partial charge in [-0.25, -0.2) is 0 Å². The van der Waals surface area contributed by atoms with Crippen molar-refractivity contribution in [3.8, 4) is 0 Å². The fraction of sp³-hybridized carbons (Fsp3) is 0.455. The maximum atomic E-state index is 8.68. The number of pyridine rings is 1. The molecule has 0 saturated carbocycles. The van der Waals surface area contributed by atoms with Crippen molar-refractivity contribution in [3.63, 3.8) is 0 Å². The second-order valence-electron chi connectivity index (χ2n) is 3.73. The molecule has 6 heteroatoms. The highest BCUT2D eigenvalue weighted by Crippen LogP contribution is 2.07. The monoisotopic (exact) mass is 238 g/mol. The molecule has 0 fully saturated rings. The van der Waals surface area contributed by atoms with Gasteiger partial charge in [-0.1, -0.05) is 11.2 Å². The van der Waals surface area contributed by atoms with Crippen molar-refractivity contribution in [2.24, 2.45) is 10.9 Å². The van der Waals surface area contributed by atoms with Crippen LogP contribution in [0.25, 0.3) is 0 Å². The highest BCUT2D eigenvalue weighted by molar-refractivity contribution is 5.96. The number of aromatic nitrogens is 1. The first kappa shape index (κ1) is 13.4. The van der Waals surface area contributed by atoms with Crippen molar-refractivity contribution in [1.82, 2.24) is 9.88 Å². The number of hydrogen-bond acceptors (Lipinski definition) is 5. The summed E-state index contributed by atoms with van der Waals surface area (Å²) in [5, 5.41) is 11.7. The summed E-state index contributed by atoms with van der Waals surface area (Å²) >= 11 is 0. The Morgan fingerprint density at radius 3 is 3.06 bits per heavy atom. The number of methoxy groups -OCH3 is 1. The molecular formula is C11H18N4O2. The lowest BCUT2D eigenvalue weighted by atomic mass is 10.1. The average molecular weight is 238 g/mol. The van der Waals surface area contributed by atoms with Gasteiger partial charge in [0.25, 0.3) is 0 Å². The zero-order valence-corrected chi connectivity index (χ0v) is 10.1. The lowest BCUT2D eigenvalue weighted by molar-refractivity contribution is 0.158. The van der Waals surface area contributed by atoms with Crippen molar-refractivity contribution in [3.05, 3.63) is 29.6 Å². The van der Waals surface area contributed by atoms with E-state index in [9.17, 15) is 0 Å². The predicted octanol–water partition coefficient (Wildman–Crippen LogP) is 0.254. The summed E-state index contributed by atoms with van der Waals surface area (Å²) in [7, 11) is 3.64. The van der Waals surface area contributed by atoms with E-state index in [1.54, 1.807) is 13.3 Å². The molecule has 1 heterocycles. The van der Waals surface area contributed by atoms with Crippen LogP contribution in [0.15, 0.2) is 23.5 Å². The Labute approximate surface area is 101 Å². The fourth-order valence-electron chi connectivity index (χ4n) is 1.46. The van der Waals surface area contributed by atoms with Gasteiger partial charge >= 0.3 is 0 Å². The lowest BCUT2D eigenvalue weighted by Crippen LogP contribution is -2.25. The molecule has 3 N–H and O–H groups in total. The number of likely N-dealkylation sites (N-methyl/N-ethyl adjacent to an activating group) is 1. The highest BCUT2D eigenvalue weighted by atomic mass is 16.5. The van der Waals surface area contributed by atoms with Crippen LogP contribution in [0.2, 0.25) is 0 Å². The van der Waals surface area contributed by atoms with E-state index in [-0.39, 0.29) is 5.84 Å². The summed E-state index contributed by atoms with van der Waals surface area (Å²) in [5.74, 6) is 0.0285. The number of ether oxygens (including phenoxy) is 1. The normalized spacial score (nSPS) is 12.1. The van der Waals surface area contributed by atoms with E-state index in [1.807, 2.05) is 19.2 Å². The van der Waals surface area contributed by atoms with Gasteiger partial charge in [0.2, 0.25) is 0 Å². The molecule has 0 aliphatic heterocycles. The van der Waals surface area contributed by atoms with E-state index < -0.39 is 0 Å². The second kappa shape index (κ2) is 6.82. The molecule has 0 saturated heterocycles. The summed E-state index contributed by atoms with van der Waals surface area (Å²) in [4.78, 5) is 6.19. The van der Waals surface area contributed by atoms with Gasteiger partial charge in [-0.15, -0.1) is 0 Å². The Kier molecular flexibility index (Phi) is 5.38. The maximum Gasteiger partial charge on any atom is 0.189 e. The van der Waals surface area contributed by atoms with Gasteiger partial charge in [-0.05, 0) is 18.7 Å².